The molecule has 1 N–H and O–H groups in total. The number of aliphatic hydroxyl groups excluding tert-OH is 1. The van der Waals surface area contributed by atoms with Crippen LogP contribution in [0.5, 0.6) is 0 Å². The highest BCUT2D eigenvalue weighted by atomic mass is 16.7. The third kappa shape index (κ3) is 6.73. The quantitative estimate of drug-likeness (QED) is 0.185. The highest BCUT2D eigenvalue weighted by Crippen LogP contribution is 2.42. The van der Waals surface area contributed by atoms with Crippen LogP contribution >= 0.6 is 0 Å². The summed E-state index contributed by atoms with van der Waals surface area (Å²) in [5.74, 6) is 0.293. The van der Waals surface area contributed by atoms with Gasteiger partial charge in [-0.25, -0.2) is 9.97 Å². The number of ether oxygens (including phenoxy) is 2. The molecule has 4 aromatic carbocycles. The first-order chi connectivity index (χ1) is 25.5. The highest BCUT2D eigenvalue weighted by Gasteiger charge is 2.40. The smallest absolute Gasteiger partial charge is 0.261 e. The van der Waals surface area contributed by atoms with Gasteiger partial charge in [0.1, 0.15) is 0 Å². The number of aromatic nitrogens is 2. The number of hydrogen-bond donors (Lipinski definition) is 1. The molecule has 0 saturated carbocycles. The zero-order valence-corrected chi connectivity index (χ0v) is 29.0. The van der Waals surface area contributed by atoms with Crippen LogP contribution in [0.2, 0.25) is 0 Å². The van der Waals surface area contributed by atoms with Crippen LogP contribution in [-0.4, -0.2) is 75.5 Å². The summed E-state index contributed by atoms with van der Waals surface area (Å²) in [6.45, 7) is 6.56. The molecule has 4 atom stereocenters. The summed E-state index contributed by atoms with van der Waals surface area (Å²) in [7, 11) is 0. The number of hydrogen-bond acceptors (Lipinski definition) is 9. The maximum atomic E-state index is 13.1. The zero-order valence-electron chi connectivity index (χ0n) is 29.0. The van der Waals surface area contributed by atoms with E-state index in [4.69, 9.17) is 9.47 Å². The van der Waals surface area contributed by atoms with E-state index >= 15 is 0 Å². The van der Waals surface area contributed by atoms with Gasteiger partial charge in [-0.3, -0.25) is 19.4 Å². The fourth-order valence-corrected chi connectivity index (χ4v) is 7.48. The lowest BCUT2D eigenvalue weighted by molar-refractivity contribution is -0.276. The molecule has 1 aromatic heterocycles. The highest BCUT2D eigenvalue weighted by molar-refractivity contribution is 6.21. The second kappa shape index (κ2) is 14.8. The standard InChI is InChI=1S/C42H41N5O5/c1-28-37(26-45-21-23-46(24-22-45)42-43-19-6-20-44-42)51-41(52-38(28)31-13-11-29(27-48)12-14-31)32-17-15-30(16-18-32)34-8-3-2-7-33(34)25-47-39(49)35-9-4-5-10-36(35)40(47)50/h2-20,28,37-38,41,48H,21-27H2,1H3/t28-,37+,38+,41+/m1/s1. The minimum atomic E-state index is -0.592. The van der Waals surface area contributed by atoms with Gasteiger partial charge in [0, 0.05) is 56.6 Å². The Labute approximate surface area is 303 Å². The van der Waals surface area contributed by atoms with Gasteiger partial charge in [0.25, 0.3) is 11.8 Å². The van der Waals surface area contributed by atoms with Crippen LogP contribution in [0.1, 0.15) is 62.3 Å². The number of anilines is 1. The van der Waals surface area contributed by atoms with Crippen molar-refractivity contribution < 1.29 is 24.2 Å². The lowest BCUT2D eigenvalue weighted by Gasteiger charge is -2.44. The van der Waals surface area contributed by atoms with E-state index in [2.05, 4.69) is 26.7 Å². The summed E-state index contributed by atoms with van der Waals surface area (Å²) >= 11 is 0. The molecule has 8 rings (SSSR count). The third-order valence-corrected chi connectivity index (χ3v) is 10.5. The molecule has 0 spiro atoms. The van der Waals surface area contributed by atoms with Crippen molar-refractivity contribution in [2.24, 2.45) is 5.92 Å². The van der Waals surface area contributed by atoms with Gasteiger partial charge in [-0.15, -0.1) is 0 Å². The zero-order chi connectivity index (χ0) is 35.6. The van der Waals surface area contributed by atoms with Gasteiger partial charge in [0.05, 0.1) is 36.5 Å². The normalized spacial score (nSPS) is 22.1. The minimum Gasteiger partial charge on any atom is -0.392 e. The summed E-state index contributed by atoms with van der Waals surface area (Å²) < 4.78 is 13.5. The van der Waals surface area contributed by atoms with Crippen molar-refractivity contribution in [3.8, 4) is 11.1 Å². The van der Waals surface area contributed by atoms with Gasteiger partial charge in [0.2, 0.25) is 5.95 Å². The molecule has 4 heterocycles. The van der Waals surface area contributed by atoms with E-state index in [1.165, 1.54) is 4.90 Å². The van der Waals surface area contributed by atoms with Gasteiger partial charge in [0.15, 0.2) is 6.29 Å². The minimum absolute atomic E-state index is 0.0104. The molecule has 2 amide bonds. The molecule has 0 bridgehead atoms. The van der Waals surface area contributed by atoms with Crippen molar-refractivity contribution in [3.05, 3.63) is 149 Å². The third-order valence-electron chi connectivity index (χ3n) is 10.5. The number of carbonyl (C=O) groups excluding carboxylic acids is 2. The number of piperazine rings is 1. The molecule has 2 saturated heterocycles. The lowest BCUT2D eigenvalue weighted by atomic mass is 9.89. The number of amides is 2. The predicted molar refractivity (Wildman–Crippen MR) is 196 cm³/mol. The molecule has 3 aliphatic rings. The largest absolute Gasteiger partial charge is 0.392 e. The van der Waals surface area contributed by atoms with E-state index in [0.717, 1.165) is 72.1 Å². The van der Waals surface area contributed by atoms with Gasteiger partial charge < -0.3 is 19.5 Å². The maximum absolute atomic E-state index is 13.1. The van der Waals surface area contributed by atoms with Crippen LogP contribution in [0.4, 0.5) is 5.95 Å². The average molecular weight is 696 g/mol. The molecule has 0 unspecified atom stereocenters. The van der Waals surface area contributed by atoms with Crippen molar-refractivity contribution in [3.63, 3.8) is 0 Å². The predicted octanol–water partition coefficient (Wildman–Crippen LogP) is 6.05. The van der Waals surface area contributed by atoms with Crippen molar-refractivity contribution in [2.75, 3.05) is 37.6 Å². The fourth-order valence-electron chi connectivity index (χ4n) is 7.48. The first kappa shape index (κ1) is 33.9. The van der Waals surface area contributed by atoms with Crippen LogP contribution in [0.15, 0.2) is 116 Å². The Bertz CT molecular complexity index is 2000. The molecule has 10 nitrogen and oxygen atoms in total. The van der Waals surface area contributed by atoms with E-state index < -0.39 is 6.29 Å². The lowest BCUT2D eigenvalue weighted by Crippen LogP contribution is -2.51. The fraction of sp³-hybridized carbons (Fsp3) is 0.286. The Balaban J connectivity index is 1.01. The van der Waals surface area contributed by atoms with E-state index in [0.29, 0.717) is 11.1 Å². The Morgan fingerprint density at radius 2 is 1.33 bits per heavy atom. The molecule has 3 aliphatic heterocycles. The maximum Gasteiger partial charge on any atom is 0.261 e. The van der Waals surface area contributed by atoms with E-state index in [1.54, 1.807) is 36.7 Å². The van der Waals surface area contributed by atoms with Gasteiger partial charge in [-0.2, -0.15) is 0 Å². The van der Waals surface area contributed by atoms with E-state index in [9.17, 15) is 14.7 Å². The van der Waals surface area contributed by atoms with Crippen LogP contribution in [-0.2, 0) is 22.6 Å². The van der Waals surface area contributed by atoms with Crippen LogP contribution in [0.3, 0.4) is 0 Å². The summed E-state index contributed by atoms with van der Waals surface area (Å²) in [5.41, 5.74) is 6.50. The molecule has 0 radical (unpaired) electrons. The molecule has 2 fully saturated rings. The summed E-state index contributed by atoms with van der Waals surface area (Å²) in [6, 6.07) is 32.8. The summed E-state index contributed by atoms with van der Waals surface area (Å²) in [6.07, 6.45) is 2.66. The van der Waals surface area contributed by atoms with Gasteiger partial charge in [-0.1, -0.05) is 91.9 Å². The number of rotatable bonds is 9. The van der Waals surface area contributed by atoms with Crippen LogP contribution < -0.4 is 4.90 Å². The van der Waals surface area contributed by atoms with E-state index in [-0.39, 0.29) is 43.1 Å². The van der Waals surface area contributed by atoms with E-state index in [1.807, 2.05) is 78.9 Å². The van der Waals surface area contributed by atoms with Crippen molar-refractivity contribution in [1.29, 1.82) is 0 Å². The second-order valence-electron chi connectivity index (χ2n) is 13.7. The molecule has 264 valence electrons. The Morgan fingerprint density at radius 3 is 1.98 bits per heavy atom. The van der Waals surface area contributed by atoms with Gasteiger partial charge >= 0.3 is 0 Å². The molecular formula is C42H41N5O5. The Kier molecular flexibility index (Phi) is 9.62. The van der Waals surface area contributed by atoms with Crippen molar-refractivity contribution in [1.82, 2.24) is 19.8 Å². The number of nitrogens with zero attached hydrogens (tertiary/aromatic N) is 5. The summed E-state index contributed by atoms with van der Waals surface area (Å²) in [5, 5.41) is 9.65. The van der Waals surface area contributed by atoms with Gasteiger partial charge in [-0.05, 0) is 46.0 Å². The number of imide groups is 1. The molecule has 5 aromatic rings. The summed E-state index contributed by atoms with van der Waals surface area (Å²) in [4.78, 5) is 41.1. The first-order valence-electron chi connectivity index (χ1n) is 17.8. The average Bonchev–Trinajstić information content (AvgIpc) is 3.44. The first-order valence-corrected chi connectivity index (χ1v) is 17.8. The molecule has 52 heavy (non-hydrogen) atoms. The van der Waals surface area contributed by atoms with Crippen LogP contribution in [0, 0.1) is 5.92 Å². The second-order valence-corrected chi connectivity index (χ2v) is 13.7. The molecular weight excluding hydrogens is 654 g/mol. The SMILES string of the molecule is C[C@@H]1[C@H](CN2CCN(c3ncccn3)CC2)O[C@H](c2ccc(-c3ccccc3CN3C(=O)c4ccccc4C3=O)cc2)O[C@@H]1c1ccc(CO)cc1. The number of fused-ring (bicyclic) bond motifs is 1. The topological polar surface area (TPSA) is 108 Å². The number of carbonyl (C=O) groups is 2. The molecule has 0 aliphatic carbocycles. The van der Waals surface area contributed by atoms with Crippen molar-refractivity contribution in [2.45, 2.75) is 38.6 Å². The Morgan fingerprint density at radius 1 is 0.712 bits per heavy atom. The monoisotopic (exact) mass is 695 g/mol. The molecule has 10 heteroatoms. The Hall–Kier alpha value is -5.26. The van der Waals surface area contributed by atoms with Crippen molar-refractivity contribution >= 4 is 17.8 Å². The van der Waals surface area contributed by atoms with Crippen LogP contribution in [0.25, 0.3) is 11.1 Å². The number of benzene rings is 4. The number of aliphatic hydroxyl groups is 1.